The van der Waals surface area contributed by atoms with Crippen molar-refractivity contribution in [3.05, 3.63) is 29.3 Å². The predicted octanol–water partition coefficient (Wildman–Crippen LogP) is 0.849. The fourth-order valence-corrected chi connectivity index (χ4v) is 3.38. The molecule has 2 unspecified atom stereocenters. The molecule has 0 aliphatic carbocycles. The van der Waals surface area contributed by atoms with Gasteiger partial charge < -0.3 is 10.4 Å². The van der Waals surface area contributed by atoms with E-state index in [0.717, 1.165) is 23.2 Å². The van der Waals surface area contributed by atoms with Crippen LogP contribution in [-0.4, -0.2) is 30.1 Å². The molecule has 1 saturated heterocycles. The van der Waals surface area contributed by atoms with Gasteiger partial charge in [0, 0.05) is 11.6 Å². The van der Waals surface area contributed by atoms with Crippen LogP contribution in [0.15, 0.2) is 23.8 Å². The Kier molecular flexibility index (Phi) is 3.05. The lowest BCUT2D eigenvalue weighted by Gasteiger charge is -2.32. The highest BCUT2D eigenvalue weighted by Crippen LogP contribution is 2.31. The molecule has 1 amide bonds. The number of likely N-dealkylation sites (N-methyl/N-ethyl adjacent to an activating group) is 1. The van der Waals surface area contributed by atoms with Gasteiger partial charge in [0.1, 0.15) is 17.5 Å². The highest BCUT2D eigenvalue weighted by molar-refractivity contribution is 6.02. The van der Waals surface area contributed by atoms with Crippen LogP contribution in [0.25, 0.3) is 6.08 Å². The number of quaternary nitrogens is 1. The van der Waals surface area contributed by atoms with Gasteiger partial charge in [-0.1, -0.05) is 20.3 Å². The van der Waals surface area contributed by atoms with Gasteiger partial charge in [-0.15, -0.1) is 0 Å². The molecular weight excluding hydrogens is 252 g/mol. The van der Waals surface area contributed by atoms with E-state index in [1.807, 2.05) is 12.1 Å². The van der Waals surface area contributed by atoms with Crippen molar-refractivity contribution in [2.45, 2.75) is 32.4 Å². The summed E-state index contributed by atoms with van der Waals surface area (Å²) < 4.78 is 0. The van der Waals surface area contributed by atoms with Crippen molar-refractivity contribution < 1.29 is 14.8 Å². The quantitative estimate of drug-likeness (QED) is 0.748. The fraction of sp³-hybridized carbons (Fsp3) is 0.438. The third kappa shape index (κ3) is 1.83. The third-order valence-corrected chi connectivity index (χ3v) is 4.75. The molecule has 1 aromatic carbocycles. The smallest absolute Gasteiger partial charge is 0.253 e. The molecule has 3 rings (SSSR count). The molecule has 2 aliphatic rings. The van der Waals surface area contributed by atoms with E-state index < -0.39 is 0 Å². The normalized spacial score (nSPS) is 29.2. The molecule has 106 valence electrons. The molecule has 0 aromatic heterocycles. The first kappa shape index (κ1) is 13.2. The number of hydrogen-bond donors (Lipinski definition) is 3. The highest BCUT2D eigenvalue weighted by Gasteiger charge is 2.47. The van der Waals surface area contributed by atoms with Crippen LogP contribution in [0.2, 0.25) is 0 Å². The number of aromatic hydroxyl groups is 1. The second kappa shape index (κ2) is 4.63. The van der Waals surface area contributed by atoms with E-state index in [9.17, 15) is 9.90 Å². The van der Waals surface area contributed by atoms with Gasteiger partial charge in [-0.05, 0) is 24.1 Å². The Morgan fingerprint density at radius 3 is 2.90 bits per heavy atom. The number of benzene rings is 1. The summed E-state index contributed by atoms with van der Waals surface area (Å²) in [7, 11) is 2.08. The van der Waals surface area contributed by atoms with Gasteiger partial charge in [-0.25, -0.2) is 0 Å². The Bertz CT molecular complexity index is 594. The zero-order chi connectivity index (χ0) is 14.4. The number of rotatable bonds is 2. The van der Waals surface area contributed by atoms with Gasteiger partial charge in [0.05, 0.1) is 18.7 Å². The standard InChI is InChI=1S/C16H20N2O2/c1-4-9(2)14-15-12(16(20)17-14)7-10-5-6-11(19)8-13(10)18(15)3/h5-9,14-15,19H,4H2,1-3H3,(H,17,20)/p+1/t9-,14+,15?/m1/s1. The Labute approximate surface area is 119 Å². The van der Waals surface area contributed by atoms with Crippen LogP contribution in [0.3, 0.4) is 0 Å². The van der Waals surface area contributed by atoms with E-state index in [2.05, 4.69) is 26.2 Å². The average molecular weight is 273 g/mol. The Morgan fingerprint density at radius 2 is 2.20 bits per heavy atom. The van der Waals surface area contributed by atoms with E-state index >= 15 is 0 Å². The van der Waals surface area contributed by atoms with Gasteiger partial charge >= 0.3 is 0 Å². The fourth-order valence-electron chi connectivity index (χ4n) is 3.38. The summed E-state index contributed by atoms with van der Waals surface area (Å²) in [5.41, 5.74) is 2.95. The SMILES string of the molecule is CC[C@@H](C)[C@@H]1NC(=O)C2=Cc3ccc(O)cc3[NH+](C)C21. The third-order valence-electron chi connectivity index (χ3n) is 4.75. The summed E-state index contributed by atoms with van der Waals surface area (Å²) in [6.07, 6.45) is 3.01. The zero-order valence-corrected chi connectivity index (χ0v) is 12.1. The Hall–Kier alpha value is -1.81. The molecule has 4 heteroatoms. The molecule has 3 N–H and O–H groups in total. The zero-order valence-electron chi connectivity index (χ0n) is 12.1. The number of fused-ring (bicyclic) bond motifs is 2. The minimum Gasteiger partial charge on any atom is -0.508 e. The van der Waals surface area contributed by atoms with E-state index in [1.54, 1.807) is 12.1 Å². The Balaban J connectivity index is 2.08. The topological polar surface area (TPSA) is 53.8 Å². The van der Waals surface area contributed by atoms with Crippen LogP contribution >= 0.6 is 0 Å². The summed E-state index contributed by atoms with van der Waals surface area (Å²) in [4.78, 5) is 13.4. The van der Waals surface area contributed by atoms with Crippen molar-refractivity contribution in [3.63, 3.8) is 0 Å². The van der Waals surface area contributed by atoms with Crippen LogP contribution in [0.4, 0.5) is 5.69 Å². The van der Waals surface area contributed by atoms with Crippen molar-refractivity contribution >= 4 is 17.7 Å². The highest BCUT2D eigenvalue weighted by atomic mass is 16.3. The van der Waals surface area contributed by atoms with Crippen LogP contribution in [0.5, 0.6) is 5.75 Å². The number of hydrogen-bond acceptors (Lipinski definition) is 2. The summed E-state index contributed by atoms with van der Waals surface area (Å²) in [6.45, 7) is 4.33. The van der Waals surface area contributed by atoms with Gasteiger partial charge in [0.15, 0.2) is 0 Å². The monoisotopic (exact) mass is 273 g/mol. The first-order valence-corrected chi connectivity index (χ1v) is 7.22. The first-order chi connectivity index (χ1) is 9.52. The maximum atomic E-state index is 12.2. The largest absolute Gasteiger partial charge is 0.508 e. The van der Waals surface area contributed by atoms with Crippen molar-refractivity contribution in [2.24, 2.45) is 5.92 Å². The van der Waals surface area contributed by atoms with Crippen LogP contribution in [0.1, 0.15) is 25.8 Å². The predicted molar refractivity (Wildman–Crippen MR) is 77.8 cm³/mol. The lowest BCUT2D eigenvalue weighted by Crippen LogP contribution is -3.10. The molecule has 2 aliphatic heterocycles. The maximum Gasteiger partial charge on any atom is 0.253 e. The molecule has 1 fully saturated rings. The van der Waals surface area contributed by atoms with E-state index in [0.29, 0.717) is 5.92 Å². The number of phenols is 1. The van der Waals surface area contributed by atoms with E-state index in [1.165, 1.54) is 4.90 Å². The van der Waals surface area contributed by atoms with Crippen LogP contribution < -0.4 is 10.2 Å². The minimum absolute atomic E-state index is 0.0541. The van der Waals surface area contributed by atoms with Crippen molar-refractivity contribution in [3.8, 4) is 5.75 Å². The van der Waals surface area contributed by atoms with E-state index in [-0.39, 0.29) is 23.7 Å². The molecule has 4 atom stereocenters. The van der Waals surface area contributed by atoms with Gasteiger partial charge in [0.2, 0.25) is 0 Å². The summed E-state index contributed by atoms with van der Waals surface area (Å²) in [5, 5.41) is 12.8. The lowest BCUT2D eigenvalue weighted by atomic mass is 9.87. The minimum atomic E-state index is 0.0541. The number of carbonyl (C=O) groups is 1. The number of carbonyl (C=O) groups excluding carboxylic acids is 1. The number of amides is 1. The average Bonchev–Trinajstić information content (AvgIpc) is 2.77. The molecule has 20 heavy (non-hydrogen) atoms. The van der Waals surface area contributed by atoms with Crippen LogP contribution in [0, 0.1) is 5.92 Å². The molecule has 0 spiro atoms. The van der Waals surface area contributed by atoms with Gasteiger partial charge in [-0.2, -0.15) is 0 Å². The molecule has 2 heterocycles. The van der Waals surface area contributed by atoms with Crippen molar-refractivity contribution in [2.75, 3.05) is 7.05 Å². The molecule has 0 radical (unpaired) electrons. The molecule has 0 bridgehead atoms. The van der Waals surface area contributed by atoms with Crippen LogP contribution in [-0.2, 0) is 4.79 Å². The lowest BCUT2D eigenvalue weighted by molar-refractivity contribution is -0.834. The summed E-state index contributed by atoms with van der Waals surface area (Å²) >= 11 is 0. The second-order valence-electron chi connectivity index (χ2n) is 5.92. The second-order valence-corrected chi connectivity index (χ2v) is 5.92. The molecular formula is C16H21N2O2+. The van der Waals surface area contributed by atoms with Gasteiger partial charge in [-0.3, -0.25) is 9.69 Å². The van der Waals surface area contributed by atoms with Crippen molar-refractivity contribution in [1.29, 1.82) is 0 Å². The van der Waals surface area contributed by atoms with Crippen molar-refractivity contribution in [1.82, 2.24) is 5.32 Å². The number of phenolic OH excluding ortho intramolecular Hbond substituents is 1. The molecule has 1 aromatic rings. The molecule has 0 saturated carbocycles. The summed E-state index contributed by atoms with van der Waals surface area (Å²) in [5.74, 6) is 0.763. The first-order valence-electron chi connectivity index (χ1n) is 7.22. The van der Waals surface area contributed by atoms with Gasteiger partial charge in [0.25, 0.3) is 5.91 Å². The van der Waals surface area contributed by atoms with E-state index in [4.69, 9.17) is 0 Å². The summed E-state index contributed by atoms with van der Waals surface area (Å²) in [6, 6.07) is 5.64. The molecule has 4 nitrogen and oxygen atoms in total. The Morgan fingerprint density at radius 1 is 1.45 bits per heavy atom. The maximum absolute atomic E-state index is 12.2. The number of nitrogens with one attached hydrogen (secondary N) is 2.